The average molecular weight is 307 g/mol. The molecule has 0 radical (unpaired) electrons. The lowest BCUT2D eigenvalue weighted by molar-refractivity contribution is -0.00305. The van der Waals surface area contributed by atoms with Crippen LogP contribution in [0.1, 0.15) is 23.1 Å². The van der Waals surface area contributed by atoms with Crippen LogP contribution >= 0.6 is 12.6 Å². The SMILES string of the molecule is Cc1ccc(CCOCCCN2CC(O)C2)cc1/C=C\S. The molecule has 1 N–H and O–H groups in total. The molecule has 0 bridgehead atoms. The highest BCUT2D eigenvalue weighted by Crippen LogP contribution is 2.14. The van der Waals surface area contributed by atoms with Gasteiger partial charge >= 0.3 is 0 Å². The predicted molar refractivity (Wildman–Crippen MR) is 90.8 cm³/mol. The van der Waals surface area contributed by atoms with Crippen LogP contribution in [0.2, 0.25) is 0 Å². The molecule has 0 aliphatic carbocycles. The molecular weight excluding hydrogens is 282 g/mol. The van der Waals surface area contributed by atoms with Crippen LogP contribution < -0.4 is 0 Å². The van der Waals surface area contributed by atoms with Crippen molar-refractivity contribution in [2.24, 2.45) is 0 Å². The Morgan fingerprint density at radius 2 is 2.19 bits per heavy atom. The van der Waals surface area contributed by atoms with E-state index < -0.39 is 0 Å². The molecule has 4 heteroatoms. The first kappa shape index (κ1) is 16.6. The van der Waals surface area contributed by atoms with Gasteiger partial charge in [0.25, 0.3) is 0 Å². The van der Waals surface area contributed by atoms with Crippen molar-refractivity contribution >= 4 is 18.7 Å². The smallest absolute Gasteiger partial charge is 0.0793 e. The lowest BCUT2D eigenvalue weighted by Gasteiger charge is -2.35. The molecule has 21 heavy (non-hydrogen) atoms. The number of aryl methyl sites for hydroxylation is 1. The van der Waals surface area contributed by atoms with Gasteiger partial charge in [-0.05, 0) is 47.9 Å². The zero-order chi connectivity index (χ0) is 15.1. The van der Waals surface area contributed by atoms with Crippen molar-refractivity contribution in [3.63, 3.8) is 0 Å². The van der Waals surface area contributed by atoms with Gasteiger partial charge in [0.05, 0.1) is 12.7 Å². The second-order valence-electron chi connectivity index (χ2n) is 5.64. The molecule has 0 spiro atoms. The van der Waals surface area contributed by atoms with Gasteiger partial charge in [0.1, 0.15) is 0 Å². The molecule has 1 aliphatic rings. The second-order valence-corrected chi connectivity index (χ2v) is 5.93. The molecule has 0 unspecified atom stereocenters. The fourth-order valence-electron chi connectivity index (χ4n) is 2.51. The molecule has 1 aromatic rings. The number of nitrogens with zero attached hydrogens (tertiary/aromatic N) is 1. The van der Waals surface area contributed by atoms with Gasteiger partial charge in [0.2, 0.25) is 0 Å². The number of aliphatic hydroxyl groups excluding tert-OH is 1. The molecule has 3 nitrogen and oxygen atoms in total. The van der Waals surface area contributed by atoms with Crippen LogP contribution in [0.5, 0.6) is 0 Å². The van der Waals surface area contributed by atoms with Gasteiger partial charge < -0.3 is 9.84 Å². The Labute approximate surface area is 133 Å². The fourth-order valence-corrected chi connectivity index (χ4v) is 2.67. The minimum Gasteiger partial charge on any atom is -0.390 e. The molecule has 0 saturated carbocycles. The first-order valence-corrected chi connectivity index (χ1v) is 8.09. The predicted octanol–water partition coefficient (Wildman–Crippen LogP) is 2.52. The lowest BCUT2D eigenvalue weighted by Crippen LogP contribution is -2.50. The van der Waals surface area contributed by atoms with E-state index in [1.165, 1.54) is 16.7 Å². The molecule has 0 atom stereocenters. The summed E-state index contributed by atoms with van der Waals surface area (Å²) in [5.74, 6) is 0. The molecule has 116 valence electrons. The van der Waals surface area contributed by atoms with Crippen molar-refractivity contribution < 1.29 is 9.84 Å². The van der Waals surface area contributed by atoms with E-state index >= 15 is 0 Å². The summed E-state index contributed by atoms with van der Waals surface area (Å²) >= 11 is 4.13. The number of benzene rings is 1. The minimum absolute atomic E-state index is 0.104. The van der Waals surface area contributed by atoms with E-state index in [1.54, 1.807) is 5.41 Å². The standard InChI is InChI=1S/C17H25NO2S/c1-14-3-4-15(11-16(14)6-10-21)5-9-20-8-2-7-18-12-17(19)13-18/h3-4,6,10-11,17,19,21H,2,5,7-9,12-13H2,1H3/b10-6-. The van der Waals surface area contributed by atoms with Gasteiger partial charge in [-0.2, -0.15) is 12.6 Å². The van der Waals surface area contributed by atoms with Gasteiger partial charge in [0.15, 0.2) is 0 Å². The zero-order valence-corrected chi connectivity index (χ0v) is 13.6. The molecule has 1 aliphatic heterocycles. The number of rotatable bonds is 8. The number of likely N-dealkylation sites (tertiary alicyclic amines) is 1. The van der Waals surface area contributed by atoms with Crippen molar-refractivity contribution in [3.05, 3.63) is 40.3 Å². The Kier molecular flexibility index (Phi) is 6.77. The Morgan fingerprint density at radius 1 is 1.38 bits per heavy atom. The summed E-state index contributed by atoms with van der Waals surface area (Å²) in [7, 11) is 0. The van der Waals surface area contributed by atoms with Crippen LogP contribution in [0.4, 0.5) is 0 Å². The summed E-state index contributed by atoms with van der Waals surface area (Å²) in [6.45, 7) is 6.34. The number of hydrogen-bond acceptors (Lipinski definition) is 4. The first-order valence-electron chi connectivity index (χ1n) is 7.57. The van der Waals surface area contributed by atoms with Crippen molar-refractivity contribution in [3.8, 4) is 0 Å². The molecule has 1 fully saturated rings. The highest BCUT2D eigenvalue weighted by atomic mass is 32.1. The highest BCUT2D eigenvalue weighted by molar-refractivity contribution is 7.83. The van der Waals surface area contributed by atoms with Crippen molar-refractivity contribution in [1.29, 1.82) is 0 Å². The summed E-state index contributed by atoms with van der Waals surface area (Å²) in [5.41, 5.74) is 3.79. The van der Waals surface area contributed by atoms with E-state index in [4.69, 9.17) is 4.74 Å². The topological polar surface area (TPSA) is 32.7 Å². The number of β-amino-alcohol motifs (C(OH)–C–C–N with tert-alkyl or cyclic N) is 1. The maximum absolute atomic E-state index is 9.18. The first-order chi connectivity index (χ1) is 10.2. The Bertz CT molecular complexity index is 470. The third-order valence-electron chi connectivity index (χ3n) is 3.83. The average Bonchev–Trinajstić information content (AvgIpc) is 2.44. The summed E-state index contributed by atoms with van der Waals surface area (Å²) in [5, 5.41) is 11.0. The van der Waals surface area contributed by atoms with Crippen LogP contribution in [0.25, 0.3) is 6.08 Å². The van der Waals surface area contributed by atoms with E-state index in [1.807, 2.05) is 6.08 Å². The Morgan fingerprint density at radius 3 is 2.90 bits per heavy atom. The van der Waals surface area contributed by atoms with Gasteiger partial charge in [-0.1, -0.05) is 18.2 Å². The van der Waals surface area contributed by atoms with E-state index in [0.29, 0.717) is 0 Å². The maximum Gasteiger partial charge on any atom is 0.0793 e. The van der Waals surface area contributed by atoms with Gasteiger partial charge in [-0.3, -0.25) is 4.90 Å². The van der Waals surface area contributed by atoms with E-state index in [9.17, 15) is 5.11 Å². The minimum atomic E-state index is -0.104. The fraction of sp³-hybridized carbons (Fsp3) is 0.529. The van der Waals surface area contributed by atoms with E-state index in [2.05, 4.69) is 42.7 Å². The summed E-state index contributed by atoms with van der Waals surface area (Å²) in [6, 6.07) is 6.51. The highest BCUT2D eigenvalue weighted by Gasteiger charge is 2.22. The van der Waals surface area contributed by atoms with E-state index in [-0.39, 0.29) is 6.10 Å². The van der Waals surface area contributed by atoms with Crippen molar-refractivity contribution in [2.75, 3.05) is 32.8 Å². The molecule has 1 aromatic carbocycles. The summed E-state index contributed by atoms with van der Waals surface area (Å²) in [4.78, 5) is 2.25. The summed E-state index contributed by atoms with van der Waals surface area (Å²) < 4.78 is 5.69. The molecule has 0 amide bonds. The lowest BCUT2D eigenvalue weighted by atomic mass is 10.0. The molecule has 1 heterocycles. The molecule has 2 rings (SSSR count). The molecule has 0 aromatic heterocycles. The van der Waals surface area contributed by atoms with Crippen LogP contribution in [-0.4, -0.2) is 49.0 Å². The largest absolute Gasteiger partial charge is 0.390 e. The van der Waals surface area contributed by atoms with Crippen molar-refractivity contribution in [2.45, 2.75) is 25.9 Å². The summed E-state index contributed by atoms with van der Waals surface area (Å²) in [6.07, 6.45) is 3.89. The zero-order valence-electron chi connectivity index (χ0n) is 12.7. The Hall–Kier alpha value is -0.810. The van der Waals surface area contributed by atoms with Crippen LogP contribution in [0.3, 0.4) is 0 Å². The Balaban J connectivity index is 1.61. The van der Waals surface area contributed by atoms with Crippen LogP contribution in [0.15, 0.2) is 23.6 Å². The number of ether oxygens (including phenoxy) is 1. The van der Waals surface area contributed by atoms with Gasteiger partial charge in [-0.25, -0.2) is 0 Å². The quantitative estimate of drug-likeness (QED) is 0.572. The molecule has 1 saturated heterocycles. The monoisotopic (exact) mass is 307 g/mol. The number of thiol groups is 1. The van der Waals surface area contributed by atoms with Crippen LogP contribution in [-0.2, 0) is 11.2 Å². The second kappa shape index (κ2) is 8.59. The van der Waals surface area contributed by atoms with Crippen LogP contribution in [0, 0.1) is 6.92 Å². The van der Waals surface area contributed by atoms with E-state index in [0.717, 1.165) is 45.7 Å². The number of aliphatic hydroxyl groups is 1. The maximum atomic E-state index is 9.18. The number of hydrogen-bond donors (Lipinski definition) is 2. The van der Waals surface area contributed by atoms with Gasteiger partial charge in [-0.15, -0.1) is 0 Å². The molecular formula is C17H25NO2S. The third kappa shape index (κ3) is 5.47. The third-order valence-corrected chi connectivity index (χ3v) is 3.98. The van der Waals surface area contributed by atoms with Crippen molar-refractivity contribution in [1.82, 2.24) is 4.90 Å². The van der Waals surface area contributed by atoms with Gasteiger partial charge in [0, 0.05) is 26.2 Å². The normalized spacial score (nSPS) is 16.5.